The van der Waals surface area contributed by atoms with Gasteiger partial charge in [0, 0.05) is 23.8 Å². The molecule has 5 nitrogen and oxygen atoms in total. The highest BCUT2D eigenvalue weighted by molar-refractivity contribution is 5.95. The molecule has 1 unspecified atom stereocenters. The molecule has 0 aliphatic rings. The number of aliphatic hydroxyl groups excluding tert-OH is 2. The standard InChI is InChI=1S/C14H18N2O3/c1-2-19-13-6-5-12(16-8-10(18)9-17)11-4-3-7-15-14(11)13/h3-7,10,16-18H,2,8-9H2,1H3. The Kier molecular flexibility index (Phi) is 4.54. The lowest BCUT2D eigenvalue weighted by Gasteiger charge is -2.14. The molecule has 1 atom stereocenters. The molecule has 2 aromatic rings. The topological polar surface area (TPSA) is 74.6 Å². The molecule has 19 heavy (non-hydrogen) atoms. The van der Waals surface area contributed by atoms with E-state index in [0.29, 0.717) is 6.61 Å². The third-order valence-electron chi connectivity index (χ3n) is 2.77. The number of pyridine rings is 1. The maximum Gasteiger partial charge on any atom is 0.145 e. The van der Waals surface area contributed by atoms with E-state index in [2.05, 4.69) is 10.3 Å². The van der Waals surface area contributed by atoms with Crippen LogP contribution in [0.15, 0.2) is 30.5 Å². The van der Waals surface area contributed by atoms with Gasteiger partial charge in [-0.1, -0.05) is 0 Å². The van der Waals surface area contributed by atoms with Crippen LogP contribution in [0.4, 0.5) is 5.69 Å². The fourth-order valence-corrected chi connectivity index (χ4v) is 1.87. The summed E-state index contributed by atoms with van der Waals surface area (Å²) in [6, 6.07) is 7.54. The zero-order chi connectivity index (χ0) is 13.7. The van der Waals surface area contributed by atoms with Gasteiger partial charge in [0.2, 0.25) is 0 Å². The Hall–Kier alpha value is -1.85. The average molecular weight is 262 g/mol. The molecule has 0 amide bonds. The Morgan fingerprint density at radius 1 is 1.37 bits per heavy atom. The van der Waals surface area contributed by atoms with Crippen LogP contribution in [-0.2, 0) is 0 Å². The molecule has 102 valence electrons. The Balaban J connectivity index is 2.32. The quantitative estimate of drug-likeness (QED) is 0.733. The molecule has 0 bridgehead atoms. The van der Waals surface area contributed by atoms with Crippen LogP contribution < -0.4 is 10.1 Å². The minimum Gasteiger partial charge on any atom is -0.492 e. The van der Waals surface area contributed by atoms with E-state index in [1.807, 2.05) is 31.2 Å². The van der Waals surface area contributed by atoms with Crippen molar-refractivity contribution in [1.82, 2.24) is 4.98 Å². The van der Waals surface area contributed by atoms with E-state index < -0.39 is 6.10 Å². The van der Waals surface area contributed by atoms with Crippen LogP contribution in [-0.4, -0.2) is 41.1 Å². The molecule has 0 spiro atoms. The summed E-state index contributed by atoms with van der Waals surface area (Å²) in [7, 11) is 0. The average Bonchev–Trinajstić information content (AvgIpc) is 2.46. The molecule has 1 aromatic heterocycles. The van der Waals surface area contributed by atoms with E-state index in [-0.39, 0.29) is 13.2 Å². The predicted molar refractivity (Wildman–Crippen MR) is 74.5 cm³/mol. The SMILES string of the molecule is CCOc1ccc(NCC(O)CO)c2cccnc12. The van der Waals surface area contributed by atoms with Crippen LogP contribution in [0.3, 0.4) is 0 Å². The van der Waals surface area contributed by atoms with E-state index in [4.69, 9.17) is 9.84 Å². The lowest BCUT2D eigenvalue weighted by molar-refractivity contribution is 0.105. The summed E-state index contributed by atoms with van der Waals surface area (Å²) in [6.07, 6.45) is 0.940. The molecule has 0 aliphatic carbocycles. The second-order valence-corrected chi connectivity index (χ2v) is 4.16. The van der Waals surface area contributed by atoms with Crippen molar-refractivity contribution in [3.63, 3.8) is 0 Å². The van der Waals surface area contributed by atoms with Crippen LogP contribution in [0.5, 0.6) is 5.75 Å². The molecule has 0 saturated carbocycles. The largest absolute Gasteiger partial charge is 0.492 e. The van der Waals surface area contributed by atoms with Gasteiger partial charge < -0.3 is 20.3 Å². The van der Waals surface area contributed by atoms with Gasteiger partial charge in [-0.25, -0.2) is 0 Å². The molecule has 3 N–H and O–H groups in total. The number of benzene rings is 1. The number of aromatic nitrogens is 1. The summed E-state index contributed by atoms with van der Waals surface area (Å²) in [5, 5.41) is 22.2. The normalized spacial score (nSPS) is 12.4. The van der Waals surface area contributed by atoms with Crippen LogP contribution in [0, 0.1) is 0 Å². The van der Waals surface area contributed by atoms with Gasteiger partial charge in [-0.15, -0.1) is 0 Å². The molecule has 0 aliphatic heterocycles. The number of fused-ring (bicyclic) bond motifs is 1. The first-order valence-corrected chi connectivity index (χ1v) is 6.29. The minimum atomic E-state index is -0.779. The summed E-state index contributed by atoms with van der Waals surface area (Å²) in [5.74, 6) is 0.742. The summed E-state index contributed by atoms with van der Waals surface area (Å²) in [6.45, 7) is 2.54. The number of hydrogen-bond acceptors (Lipinski definition) is 5. The van der Waals surface area contributed by atoms with Crippen LogP contribution in [0.1, 0.15) is 6.92 Å². The molecular weight excluding hydrogens is 244 g/mol. The van der Waals surface area contributed by atoms with Crippen molar-refractivity contribution >= 4 is 16.6 Å². The summed E-state index contributed by atoms with van der Waals surface area (Å²) >= 11 is 0. The van der Waals surface area contributed by atoms with Gasteiger partial charge in [-0.2, -0.15) is 0 Å². The van der Waals surface area contributed by atoms with Crippen molar-refractivity contribution in [3.8, 4) is 5.75 Å². The highest BCUT2D eigenvalue weighted by Gasteiger charge is 2.08. The highest BCUT2D eigenvalue weighted by atomic mass is 16.5. The molecule has 1 aromatic carbocycles. The number of nitrogens with zero attached hydrogens (tertiary/aromatic N) is 1. The van der Waals surface area contributed by atoms with E-state index in [1.165, 1.54) is 0 Å². The van der Waals surface area contributed by atoms with Gasteiger partial charge in [-0.3, -0.25) is 4.98 Å². The fourth-order valence-electron chi connectivity index (χ4n) is 1.87. The van der Waals surface area contributed by atoms with Gasteiger partial charge in [0.15, 0.2) is 0 Å². The Bertz CT molecular complexity index is 545. The number of hydrogen-bond donors (Lipinski definition) is 3. The van der Waals surface area contributed by atoms with Gasteiger partial charge in [0.1, 0.15) is 11.3 Å². The zero-order valence-corrected chi connectivity index (χ0v) is 10.8. The second-order valence-electron chi connectivity index (χ2n) is 4.16. The summed E-state index contributed by atoms with van der Waals surface area (Å²) in [4.78, 5) is 4.33. The van der Waals surface area contributed by atoms with Crippen LogP contribution >= 0.6 is 0 Å². The number of ether oxygens (including phenoxy) is 1. The first kappa shape index (κ1) is 13.6. The number of aliphatic hydroxyl groups is 2. The van der Waals surface area contributed by atoms with Crippen LogP contribution in [0.25, 0.3) is 10.9 Å². The summed E-state index contributed by atoms with van der Waals surface area (Å²) < 4.78 is 5.54. The van der Waals surface area contributed by atoms with Crippen molar-refractivity contribution < 1.29 is 14.9 Å². The molecule has 1 heterocycles. The number of anilines is 1. The molecule has 5 heteroatoms. The Labute approximate surface area is 111 Å². The van der Waals surface area contributed by atoms with Crippen molar-refractivity contribution in [1.29, 1.82) is 0 Å². The van der Waals surface area contributed by atoms with Crippen LogP contribution in [0.2, 0.25) is 0 Å². The van der Waals surface area contributed by atoms with Crippen molar-refractivity contribution in [2.75, 3.05) is 25.1 Å². The minimum absolute atomic E-state index is 0.264. The van der Waals surface area contributed by atoms with Crippen molar-refractivity contribution in [3.05, 3.63) is 30.5 Å². The molecule has 0 fully saturated rings. The van der Waals surface area contributed by atoms with Crippen molar-refractivity contribution in [2.45, 2.75) is 13.0 Å². The first-order valence-electron chi connectivity index (χ1n) is 6.29. The number of rotatable bonds is 6. The maximum atomic E-state index is 9.38. The van der Waals surface area contributed by atoms with Gasteiger partial charge >= 0.3 is 0 Å². The van der Waals surface area contributed by atoms with E-state index in [1.54, 1.807) is 6.20 Å². The highest BCUT2D eigenvalue weighted by Crippen LogP contribution is 2.29. The van der Waals surface area contributed by atoms with Gasteiger partial charge in [0.25, 0.3) is 0 Å². The van der Waals surface area contributed by atoms with E-state index in [9.17, 15) is 5.11 Å². The monoisotopic (exact) mass is 262 g/mol. The second kappa shape index (κ2) is 6.36. The molecule has 0 saturated heterocycles. The number of nitrogens with one attached hydrogen (secondary N) is 1. The molecule has 2 rings (SSSR count). The third kappa shape index (κ3) is 3.13. The van der Waals surface area contributed by atoms with Crippen molar-refractivity contribution in [2.24, 2.45) is 0 Å². The Morgan fingerprint density at radius 3 is 2.95 bits per heavy atom. The smallest absolute Gasteiger partial charge is 0.145 e. The lowest BCUT2D eigenvalue weighted by atomic mass is 10.1. The fraction of sp³-hybridized carbons (Fsp3) is 0.357. The lowest BCUT2D eigenvalue weighted by Crippen LogP contribution is -2.23. The third-order valence-corrected chi connectivity index (χ3v) is 2.77. The summed E-state index contributed by atoms with van der Waals surface area (Å²) in [5.41, 5.74) is 1.65. The van der Waals surface area contributed by atoms with Gasteiger partial charge in [0.05, 0.1) is 19.3 Å². The maximum absolute atomic E-state index is 9.38. The molecule has 0 radical (unpaired) electrons. The predicted octanol–water partition coefficient (Wildman–Crippen LogP) is 1.40. The Morgan fingerprint density at radius 2 is 2.21 bits per heavy atom. The zero-order valence-electron chi connectivity index (χ0n) is 10.8. The van der Waals surface area contributed by atoms with Gasteiger partial charge in [-0.05, 0) is 31.2 Å². The molecular formula is C14H18N2O3. The van der Waals surface area contributed by atoms with E-state index in [0.717, 1.165) is 22.3 Å². The van der Waals surface area contributed by atoms with E-state index >= 15 is 0 Å². The first-order chi connectivity index (χ1) is 9.26.